The first-order chi connectivity index (χ1) is 16.7. The molecule has 1 N–H and O–H groups in total. The molecule has 4 fully saturated rings. The zero-order chi connectivity index (χ0) is 22.9. The summed E-state index contributed by atoms with van der Waals surface area (Å²) >= 11 is 1.46. The molecule has 4 aliphatic carbocycles. The molecule has 2 heterocycles. The summed E-state index contributed by atoms with van der Waals surface area (Å²) in [7, 11) is 0. The van der Waals surface area contributed by atoms with Crippen molar-refractivity contribution in [3.63, 3.8) is 0 Å². The Morgan fingerprint density at radius 1 is 1.00 bits per heavy atom. The van der Waals surface area contributed by atoms with Gasteiger partial charge in [0.25, 0.3) is 11.8 Å². The summed E-state index contributed by atoms with van der Waals surface area (Å²) in [5.41, 5.74) is 1.13. The summed E-state index contributed by atoms with van der Waals surface area (Å²) in [6.45, 7) is 0.440. The minimum absolute atomic E-state index is 0.174. The van der Waals surface area contributed by atoms with Crippen LogP contribution in [0.1, 0.15) is 48.2 Å². The van der Waals surface area contributed by atoms with Crippen LogP contribution >= 0.6 is 11.8 Å². The van der Waals surface area contributed by atoms with Crippen LogP contribution in [0.25, 0.3) is 0 Å². The van der Waals surface area contributed by atoms with E-state index in [0.29, 0.717) is 29.2 Å². The van der Waals surface area contributed by atoms with Gasteiger partial charge in [-0.25, -0.2) is 0 Å². The zero-order valence-electron chi connectivity index (χ0n) is 19.1. The van der Waals surface area contributed by atoms with Crippen molar-refractivity contribution in [1.82, 2.24) is 15.5 Å². The summed E-state index contributed by atoms with van der Waals surface area (Å²) in [4.78, 5) is 19.1. The summed E-state index contributed by atoms with van der Waals surface area (Å²) in [5, 5.41) is 7.51. The number of carbonyl (C=O) groups is 1. The minimum atomic E-state index is -0.174. The van der Waals surface area contributed by atoms with Gasteiger partial charge in [-0.15, -0.1) is 0 Å². The Balaban J connectivity index is 1.20. The molecular weight excluding hydrogens is 446 g/mol. The maximum absolute atomic E-state index is 13.4. The van der Waals surface area contributed by atoms with E-state index in [-0.39, 0.29) is 17.7 Å². The van der Waals surface area contributed by atoms with Gasteiger partial charge in [-0.3, -0.25) is 9.78 Å². The van der Waals surface area contributed by atoms with Gasteiger partial charge in [0.2, 0.25) is 5.76 Å². The molecule has 0 unspecified atom stereocenters. The van der Waals surface area contributed by atoms with Crippen LogP contribution in [0.15, 0.2) is 69.2 Å². The predicted molar refractivity (Wildman–Crippen MR) is 129 cm³/mol. The highest BCUT2D eigenvalue weighted by Crippen LogP contribution is 2.53. The summed E-state index contributed by atoms with van der Waals surface area (Å²) in [5.74, 6) is 3.39. The Morgan fingerprint density at radius 3 is 2.41 bits per heavy atom. The summed E-state index contributed by atoms with van der Waals surface area (Å²) in [6, 6.07) is 14.1. The Labute approximate surface area is 203 Å². The highest BCUT2D eigenvalue weighted by molar-refractivity contribution is 7.99. The molecule has 0 aliphatic heterocycles. The van der Waals surface area contributed by atoms with Gasteiger partial charge in [-0.2, -0.15) is 0 Å². The molecule has 4 saturated carbocycles. The molecule has 2 aromatic heterocycles. The third-order valence-corrected chi connectivity index (χ3v) is 8.77. The molecule has 0 atom stereocenters. The Kier molecular flexibility index (Phi) is 6.04. The number of benzene rings is 1. The molecule has 0 saturated heterocycles. The van der Waals surface area contributed by atoms with Crippen molar-refractivity contribution in [2.24, 2.45) is 23.7 Å². The molecule has 3 aromatic rings. The topological polar surface area (TPSA) is 77.2 Å². The summed E-state index contributed by atoms with van der Waals surface area (Å²) < 4.78 is 11.6. The molecule has 4 aliphatic rings. The van der Waals surface area contributed by atoms with Gasteiger partial charge in [0.15, 0.2) is 0 Å². The van der Waals surface area contributed by atoms with E-state index in [9.17, 15) is 4.79 Å². The number of rotatable bonds is 8. The van der Waals surface area contributed by atoms with Gasteiger partial charge < -0.3 is 14.6 Å². The lowest BCUT2D eigenvalue weighted by molar-refractivity contribution is -0.0124. The standard InChI is InChI=1S/C27H29N3O3S/c31-26(29-23-20-13-18-12-19(15-20)16-21(23)14-18)24-25(34-22-4-2-1-3-5-22)27(30-33-24)32-11-8-17-6-9-28-10-7-17/h1-7,9-10,18-21,23H,8,11-16H2,(H,29,31). The number of amides is 1. The van der Waals surface area contributed by atoms with Crippen LogP contribution in [0.5, 0.6) is 5.88 Å². The quantitative estimate of drug-likeness (QED) is 0.470. The van der Waals surface area contributed by atoms with E-state index < -0.39 is 0 Å². The molecule has 0 spiro atoms. The predicted octanol–water partition coefficient (Wildman–Crippen LogP) is 5.40. The Hall–Kier alpha value is -2.80. The SMILES string of the molecule is O=C(NC1C2CC3CC(C2)CC1C3)c1onc(OCCc2ccncc2)c1Sc1ccccc1. The molecule has 0 radical (unpaired) electrons. The van der Waals surface area contributed by atoms with E-state index in [0.717, 1.165) is 28.7 Å². The molecule has 6 nitrogen and oxygen atoms in total. The average molecular weight is 476 g/mol. The smallest absolute Gasteiger partial charge is 0.291 e. The van der Waals surface area contributed by atoms with E-state index in [2.05, 4.69) is 15.5 Å². The maximum atomic E-state index is 13.4. The normalized spacial score (nSPS) is 27.0. The lowest BCUT2D eigenvalue weighted by Crippen LogP contribution is -2.55. The van der Waals surface area contributed by atoms with E-state index in [4.69, 9.17) is 9.26 Å². The van der Waals surface area contributed by atoms with Crippen molar-refractivity contribution in [3.8, 4) is 5.88 Å². The fourth-order valence-corrected chi connectivity index (χ4v) is 7.33. The van der Waals surface area contributed by atoms with Crippen LogP contribution in [0.4, 0.5) is 0 Å². The van der Waals surface area contributed by atoms with Gasteiger partial charge in [0.1, 0.15) is 4.90 Å². The third kappa shape index (κ3) is 4.45. The summed E-state index contributed by atoms with van der Waals surface area (Å²) in [6.07, 6.45) is 10.7. The van der Waals surface area contributed by atoms with Gasteiger partial charge in [-0.1, -0.05) is 30.0 Å². The first-order valence-electron chi connectivity index (χ1n) is 12.3. The number of aromatic nitrogens is 2. The number of carbonyl (C=O) groups excluding carboxylic acids is 1. The maximum Gasteiger partial charge on any atom is 0.291 e. The van der Waals surface area contributed by atoms with E-state index in [1.807, 2.05) is 42.5 Å². The van der Waals surface area contributed by atoms with Gasteiger partial charge in [-0.05, 0) is 90.8 Å². The second-order valence-electron chi connectivity index (χ2n) is 9.94. The second-order valence-corrected chi connectivity index (χ2v) is 11.0. The highest BCUT2D eigenvalue weighted by Gasteiger charge is 2.49. The second kappa shape index (κ2) is 9.45. The molecule has 1 amide bonds. The lowest BCUT2D eigenvalue weighted by atomic mass is 9.54. The van der Waals surface area contributed by atoms with Crippen LogP contribution in [-0.2, 0) is 6.42 Å². The van der Waals surface area contributed by atoms with Crippen LogP contribution in [0.3, 0.4) is 0 Å². The molecule has 7 rings (SSSR count). The minimum Gasteiger partial charge on any atom is -0.474 e. The first kappa shape index (κ1) is 21.7. The van der Waals surface area contributed by atoms with Gasteiger partial charge in [0, 0.05) is 29.8 Å². The van der Waals surface area contributed by atoms with Crippen LogP contribution in [0, 0.1) is 23.7 Å². The van der Waals surface area contributed by atoms with Gasteiger partial charge >= 0.3 is 0 Å². The van der Waals surface area contributed by atoms with Crippen LogP contribution in [0.2, 0.25) is 0 Å². The Bertz CT molecular complexity index is 1110. The molecule has 34 heavy (non-hydrogen) atoms. The molecule has 7 heteroatoms. The lowest BCUT2D eigenvalue weighted by Gasteiger charge is -2.54. The van der Waals surface area contributed by atoms with E-state index in [1.165, 1.54) is 43.9 Å². The molecule has 176 valence electrons. The van der Waals surface area contributed by atoms with E-state index in [1.54, 1.807) is 12.4 Å². The van der Waals surface area contributed by atoms with Crippen molar-refractivity contribution >= 4 is 17.7 Å². The van der Waals surface area contributed by atoms with Crippen molar-refractivity contribution in [1.29, 1.82) is 0 Å². The van der Waals surface area contributed by atoms with Crippen molar-refractivity contribution < 1.29 is 14.1 Å². The molecule has 4 bridgehead atoms. The van der Waals surface area contributed by atoms with Crippen LogP contribution in [-0.4, -0.2) is 28.7 Å². The first-order valence-corrected chi connectivity index (χ1v) is 13.1. The highest BCUT2D eigenvalue weighted by atomic mass is 32.2. The van der Waals surface area contributed by atoms with Crippen molar-refractivity contribution in [3.05, 3.63) is 66.2 Å². The average Bonchev–Trinajstić information content (AvgIpc) is 3.24. The Morgan fingerprint density at radius 2 is 1.71 bits per heavy atom. The third-order valence-electron chi connectivity index (χ3n) is 7.69. The monoisotopic (exact) mass is 475 g/mol. The molecule has 1 aromatic carbocycles. The van der Waals surface area contributed by atoms with Crippen LogP contribution < -0.4 is 10.1 Å². The van der Waals surface area contributed by atoms with E-state index >= 15 is 0 Å². The fraction of sp³-hybridized carbons (Fsp3) is 0.444. The number of hydrogen-bond acceptors (Lipinski definition) is 6. The number of hydrogen-bond donors (Lipinski definition) is 1. The number of nitrogens with one attached hydrogen (secondary N) is 1. The van der Waals surface area contributed by atoms with Crippen molar-refractivity contribution in [2.45, 2.75) is 54.4 Å². The number of ether oxygens (including phenoxy) is 1. The largest absolute Gasteiger partial charge is 0.474 e. The number of nitrogens with zero attached hydrogens (tertiary/aromatic N) is 2. The van der Waals surface area contributed by atoms with Crippen molar-refractivity contribution in [2.75, 3.05) is 6.61 Å². The zero-order valence-corrected chi connectivity index (χ0v) is 19.9. The van der Waals surface area contributed by atoms with Gasteiger partial charge in [0.05, 0.1) is 6.61 Å². The number of pyridine rings is 1. The molecular formula is C27H29N3O3S. The fourth-order valence-electron chi connectivity index (χ4n) is 6.39.